The predicted molar refractivity (Wildman–Crippen MR) is 101 cm³/mol. The van der Waals surface area contributed by atoms with Crippen LogP contribution in [0.4, 0.5) is 0 Å². The third kappa shape index (κ3) is 4.90. The Labute approximate surface area is 152 Å². The quantitative estimate of drug-likeness (QED) is 0.807. The first-order valence-electron chi connectivity index (χ1n) is 8.26. The monoisotopic (exact) mass is 378 g/mol. The Kier molecular flexibility index (Phi) is 5.56. The number of nitrogens with one attached hydrogen (secondary N) is 2. The van der Waals surface area contributed by atoms with Gasteiger partial charge in [-0.3, -0.25) is 10.1 Å². The molecule has 2 heterocycles. The van der Waals surface area contributed by atoms with Crippen molar-refractivity contribution in [1.82, 2.24) is 10.6 Å². The van der Waals surface area contributed by atoms with Crippen LogP contribution < -0.4 is 10.6 Å². The fourth-order valence-corrected chi connectivity index (χ4v) is 5.48. The van der Waals surface area contributed by atoms with Crippen molar-refractivity contribution in [3.63, 3.8) is 0 Å². The van der Waals surface area contributed by atoms with Gasteiger partial charge in [-0.2, -0.15) is 0 Å². The Hall–Kier alpha value is -1.70. The predicted octanol–water partition coefficient (Wildman–Crippen LogP) is 2.04. The highest BCUT2D eigenvalue weighted by molar-refractivity contribution is 7.91. The van der Waals surface area contributed by atoms with Crippen molar-refractivity contribution in [2.45, 2.75) is 25.4 Å². The van der Waals surface area contributed by atoms with E-state index in [0.717, 1.165) is 10.4 Å². The van der Waals surface area contributed by atoms with Gasteiger partial charge in [-0.25, -0.2) is 8.42 Å². The molecule has 7 heteroatoms. The van der Waals surface area contributed by atoms with E-state index in [1.54, 1.807) is 11.3 Å². The molecule has 2 N–H and O–H groups in total. The van der Waals surface area contributed by atoms with Gasteiger partial charge in [-0.15, -0.1) is 11.3 Å². The molecule has 134 valence electrons. The van der Waals surface area contributed by atoms with Crippen LogP contribution in [0.15, 0.2) is 41.8 Å². The molecule has 1 aliphatic heterocycles. The van der Waals surface area contributed by atoms with Crippen LogP contribution >= 0.6 is 11.3 Å². The third-order valence-electron chi connectivity index (χ3n) is 4.30. The van der Waals surface area contributed by atoms with Gasteiger partial charge in [0.05, 0.1) is 24.1 Å². The molecule has 0 unspecified atom stereocenters. The molecular formula is C18H22N2O3S2. The molecule has 1 saturated heterocycles. The van der Waals surface area contributed by atoms with Crippen molar-refractivity contribution in [2.75, 3.05) is 18.1 Å². The van der Waals surface area contributed by atoms with Crippen LogP contribution in [0.1, 0.15) is 28.5 Å². The average Bonchev–Trinajstić information content (AvgIpc) is 3.19. The molecule has 2 aromatic rings. The zero-order valence-corrected chi connectivity index (χ0v) is 15.7. The van der Waals surface area contributed by atoms with Gasteiger partial charge in [0, 0.05) is 10.9 Å². The molecule has 1 amide bonds. The SMILES string of the molecule is Cc1ccc([C@@H](NCC(=O)N[C@@H]2CCS(=O)(=O)C2)c2cccs2)cc1. The lowest BCUT2D eigenvalue weighted by molar-refractivity contribution is -0.120. The molecule has 0 spiro atoms. The van der Waals surface area contributed by atoms with Crippen molar-refractivity contribution in [2.24, 2.45) is 0 Å². The normalized spacial score (nSPS) is 20.3. The van der Waals surface area contributed by atoms with Gasteiger partial charge in [0.1, 0.15) is 0 Å². The minimum Gasteiger partial charge on any atom is -0.351 e. The lowest BCUT2D eigenvalue weighted by atomic mass is 10.0. The zero-order chi connectivity index (χ0) is 17.9. The van der Waals surface area contributed by atoms with Crippen molar-refractivity contribution >= 4 is 27.1 Å². The molecule has 0 radical (unpaired) electrons. The van der Waals surface area contributed by atoms with Crippen molar-refractivity contribution in [1.29, 1.82) is 0 Å². The summed E-state index contributed by atoms with van der Waals surface area (Å²) >= 11 is 1.64. The van der Waals surface area contributed by atoms with Gasteiger partial charge in [0.2, 0.25) is 5.91 Å². The second-order valence-corrected chi connectivity index (χ2v) is 9.62. The molecule has 1 aliphatic rings. The highest BCUT2D eigenvalue weighted by Gasteiger charge is 2.29. The number of hydrogen-bond donors (Lipinski definition) is 2. The van der Waals surface area contributed by atoms with Gasteiger partial charge in [-0.1, -0.05) is 35.9 Å². The standard InChI is InChI=1S/C18H22N2O3S2/c1-13-4-6-14(7-5-13)18(16-3-2-9-24-16)19-11-17(21)20-15-8-10-25(22,23)12-15/h2-7,9,15,18-19H,8,10-12H2,1H3,(H,20,21)/t15-,18-/m1/s1. The Bertz CT molecular complexity index is 815. The summed E-state index contributed by atoms with van der Waals surface area (Å²) in [5.41, 5.74) is 2.29. The van der Waals surface area contributed by atoms with Gasteiger partial charge >= 0.3 is 0 Å². The minimum absolute atomic E-state index is 0.0467. The van der Waals surface area contributed by atoms with Gasteiger partial charge < -0.3 is 5.32 Å². The van der Waals surface area contributed by atoms with Crippen molar-refractivity contribution in [3.05, 3.63) is 57.8 Å². The molecule has 1 aromatic heterocycles. The summed E-state index contributed by atoms with van der Waals surface area (Å²) in [7, 11) is -2.99. The number of rotatable bonds is 6. The van der Waals surface area contributed by atoms with Gasteiger partial charge in [-0.05, 0) is 30.4 Å². The molecule has 2 atom stereocenters. The highest BCUT2D eigenvalue weighted by Crippen LogP contribution is 2.26. The lowest BCUT2D eigenvalue weighted by Crippen LogP contribution is -2.41. The number of thiophene rings is 1. The average molecular weight is 379 g/mol. The zero-order valence-electron chi connectivity index (χ0n) is 14.1. The first-order valence-corrected chi connectivity index (χ1v) is 11.0. The minimum atomic E-state index is -2.99. The summed E-state index contributed by atoms with van der Waals surface area (Å²) in [6.45, 7) is 2.19. The fraction of sp³-hybridized carbons (Fsp3) is 0.389. The van der Waals surface area contributed by atoms with E-state index in [4.69, 9.17) is 0 Å². The number of amides is 1. The summed E-state index contributed by atoms with van der Waals surface area (Å²) < 4.78 is 23.0. The second kappa shape index (κ2) is 7.68. The van der Waals surface area contributed by atoms with Crippen LogP contribution in [0, 0.1) is 6.92 Å². The van der Waals surface area contributed by atoms with Crippen LogP contribution in [0.5, 0.6) is 0 Å². The second-order valence-electron chi connectivity index (χ2n) is 6.41. The van der Waals surface area contributed by atoms with E-state index >= 15 is 0 Å². The van der Waals surface area contributed by atoms with Crippen molar-refractivity contribution in [3.8, 4) is 0 Å². The lowest BCUT2D eigenvalue weighted by Gasteiger charge is -2.19. The van der Waals surface area contributed by atoms with Crippen LogP contribution in [-0.2, 0) is 14.6 Å². The molecule has 25 heavy (non-hydrogen) atoms. The molecule has 1 fully saturated rings. The maximum absolute atomic E-state index is 12.2. The molecule has 5 nitrogen and oxygen atoms in total. The van der Waals surface area contributed by atoms with E-state index in [1.165, 1.54) is 5.56 Å². The van der Waals surface area contributed by atoms with Crippen LogP contribution in [0.3, 0.4) is 0 Å². The van der Waals surface area contributed by atoms with Crippen LogP contribution in [-0.4, -0.2) is 38.4 Å². The Balaban J connectivity index is 1.63. The smallest absolute Gasteiger partial charge is 0.234 e. The van der Waals surface area contributed by atoms with E-state index in [2.05, 4.69) is 34.9 Å². The van der Waals surface area contributed by atoms with E-state index in [-0.39, 0.29) is 36.0 Å². The largest absolute Gasteiger partial charge is 0.351 e. The van der Waals surface area contributed by atoms with E-state index in [1.807, 2.05) is 24.4 Å². The number of aryl methyl sites for hydroxylation is 1. The fourth-order valence-electron chi connectivity index (χ4n) is 2.98. The van der Waals surface area contributed by atoms with E-state index < -0.39 is 9.84 Å². The summed E-state index contributed by atoms with van der Waals surface area (Å²) in [4.78, 5) is 13.3. The number of carbonyl (C=O) groups excluding carboxylic acids is 1. The number of hydrogen-bond acceptors (Lipinski definition) is 5. The van der Waals surface area contributed by atoms with Crippen molar-refractivity contribution < 1.29 is 13.2 Å². The first-order chi connectivity index (χ1) is 11.9. The number of carbonyl (C=O) groups is 1. The van der Waals surface area contributed by atoms with Crippen LogP contribution in [0.2, 0.25) is 0 Å². The van der Waals surface area contributed by atoms with E-state index in [0.29, 0.717) is 6.42 Å². The molecule has 0 saturated carbocycles. The summed E-state index contributed by atoms with van der Waals surface area (Å²) in [5, 5.41) is 8.14. The molecule has 0 aliphatic carbocycles. The van der Waals surface area contributed by atoms with Gasteiger partial charge in [0.15, 0.2) is 9.84 Å². The molecular weight excluding hydrogens is 356 g/mol. The van der Waals surface area contributed by atoms with Crippen LogP contribution in [0.25, 0.3) is 0 Å². The number of sulfone groups is 1. The summed E-state index contributed by atoms with van der Waals surface area (Å²) in [5.74, 6) is 0.0354. The summed E-state index contributed by atoms with van der Waals surface area (Å²) in [6.07, 6.45) is 0.500. The molecule has 3 rings (SSSR count). The summed E-state index contributed by atoms with van der Waals surface area (Å²) in [6, 6.07) is 12.0. The molecule has 0 bridgehead atoms. The van der Waals surface area contributed by atoms with E-state index in [9.17, 15) is 13.2 Å². The Morgan fingerprint density at radius 2 is 2.04 bits per heavy atom. The topological polar surface area (TPSA) is 75.3 Å². The Morgan fingerprint density at radius 3 is 2.64 bits per heavy atom. The van der Waals surface area contributed by atoms with Gasteiger partial charge in [0.25, 0.3) is 0 Å². The third-order valence-corrected chi connectivity index (χ3v) is 7.01. The maximum Gasteiger partial charge on any atom is 0.234 e. The number of benzene rings is 1. The molecule has 1 aromatic carbocycles. The highest BCUT2D eigenvalue weighted by atomic mass is 32.2. The first kappa shape index (κ1) is 18.1. The maximum atomic E-state index is 12.2. The Morgan fingerprint density at radius 1 is 1.28 bits per heavy atom.